The van der Waals surface area contributed by atoms with Gasteiger partial charge in [-0.25, -0.2) is 9.78 Å². The molecule has 3 rings (SSSR count). The Kier molecular flexibility index (Phi) is 2.54. The lowest BCUT2D eigenvalue weighted by molar-refractivity contribution is 0.0696. The van der Waals surface area contributed by atoms with Gasteiger partial charge in [0, 0.05) is 19.3 Å². The van der Waals surface area contributed by atoms with E-state index in [1.54, 1.807) is 12.3 Å². The summed E-state index contributed by atoms with van der Waals surface area (Å²) >= 11 is 0. The molecule has 1 saturated heterocycles. The average molecular weight is 246 g/mol. The molecule has 1 aromatic heterocycles. The second-order valence-electron chi connectivity index (χ2n) is 5.62. The summed E-state index contributed by atoms with van der Waals surface area (Å²) in [6.45, 7) is 3.72. The van der Waals surface area contributed by atoms with Crippen LogP contribution < -0.4 is 4.90 Å². The van der Waals surface area contributed by atoms with Crippen LogP contribution in [-0.2, 0) is 0 Å². The number of aromatic nitrogens is 1. The van der Waals surface area contributed by atoms with Gasteiger partial charge in [0.25, 0.3) is 0 Å². The Labute approximate surface area is 107 Å². The van der Waals surface area contributed by atoms with E-state index in [1.807, 2.05) is 6.92 Å². The molecule has 2 heterocycles. The van der Waals surface area contributed by atoms with Crippen LogP contribution in [0, 0.1) is 12.3 Å². The summed E-state index contributed by atoms with van der Waals surface area (Å²) in [6.07, 6.45) is 6.78. The van der Waals surface area contributed by atoms with E-state index in [0.29, 0.717) is 16.8 Å². The van der Waals surface area contributed by atoms with Crippen molar-refractivity contribution in [1.82, 2.24) is 4.98 Å². The van der Waals surface area contributed by atoms with Gasteiger partial charge in [0.2, 0.25) is 0 Å². The molecule has 0 radical (unpaired) electrons. The van der Waals surface area contributed by atoms with Gasteiger partial charge >= 0.3 is 5.97 Å². The summed E-state index contributed by atoms with van der Waals surface area (Å²) in [6, 6.07) is 1.76. The molecule has 1 aliphatic carbocycles. The molecule has 18 heavy (non-hydrogen) atoms. The molecule has 1 aromatic rings. The smallest absolute Gasteiger partial charge is 0.339 e. The summed E-state index contributed by atoms with van der Waals surface area (Å²) < 4.78 is 0. The number of rotatable bonds is 2. The monoisotopic (exact) mass is 246 g/mol. The van der Waals surface area contributed by atoms with E-state index in [-0.39, 0.29) is 0 Å². The zero-order valence-corrected chi connectivity index (χ0v) is 10.6. The molecule has 1 N–H and O–H groups in total. The van der Waals surface area contributed by atoms with Gasteiger partial charge in [-0.3, -0.25) is 0 Å². The number of carbonyl (C=O) groups is 1. The third-order valence-electron chi connectivity index (χ3n) is 4.43. The van der Waals surface area contributed by atoms with Gasteiger partial charge in [0.15, 0.2) is 0 Å². The van der Waals surface area contributed by atoms with E-state index in [0.717, 1.165) is 18.7 Å². The van der Waals surface area contributed by atoms with Crippen LogP contribution in [0.3, 0.4) is 0 Å². The van der Waals surface area contributed by atoms with Crippen molar-refractivity contribution in [3.05, 3.63) is 23.4 Å². The zero-order chi connectivity index (χ0) is 12.8. The van der Waals surface area contributed by atoms with Crippen molar-refractivity contribution in [3.8, 4) is 0 Å². The summed E-state index contributed by atoms with van der Waals surface area (Å²) in [5.41, 5.74) is 1.76. The second-order valence-corrected chi connectivity index (χ2v) is 5.62. The standard InChI is InChI=1S/C14H18N2O2/c1-10-2-7-15-12(11(10)13(17)18)16-8-5-14(3-4-14)6-9-16/h2,7H,3-6,8-9H2,1H3,(H,17,18). The van der Waals surface area contributed by atoms with Crippen molar-refractivity contribution in [2.45, 2.75) is 32.6 Å². The number of anilines is 1. The maximum atomic E-state index is 11.4. The Morgan fingerprint density at radius 2 is 2.00 bits per heavy atom. The van der Waals surface area contributed by atoms with Crippen molar-refractivity contribution in [3.63, 3.8) is 0 Å². The van der Waals surface area contributed by atoms with Crippen molar-refractivity contribution in [2.75, 3.05) is 18.0 Å². The molecule has 0 unspecified atom stereocenters. The van der Waals surface area contributed by atoms with Crippen molar-refractivity contribution < 1.29 is 9.90 Å². The minimum atomic E-state index is -0.873. The summed E-state index contributed by atoms with van der Waals surface area (Å²) in [7, 11) is 0. The molecule has 96 valence electrons. The number of hydrogen-bond donors (Lipinski definition) is 1. The van der Waals surface area contributed by atoms with E-state index >= 15 is 0 Å². The van der Waals surface area contributed by atoms with E-state index in [4.69, 9.17) is 0 Å². The number of piperidine rings is 1. The largest absolute Gasteiger partial charge is 0.478 e. The van der Waals surface area contributed by atoms with Gasteiger partial charge in [0.1, 0.15) is 11.4 Å². The first-order valence-corrected chi connectivity index (χ1v) is 6.55. The van der Waals surface area contributed by atoms with Gasteiger partial charge < -0.3 is 10.0 Å². The number of carboxylic acids is 1. The van der Waals surface area contributed by atoms with Crippen molar-refractivity contribution >= 4 is 11.8 Å². The number of hydrogen-bond acceptors (Lipinski definition) is 3. The molecule has 2 aliphatic rings. The highest BCUT2D eigenvalue weighted by molar-refractivity contribution is 5.95. The fourth-order valence-corrected chi connectivity index (χ4v) is 2.92. The lowest BCUT2D eigenvalue weighted by Gasteiger charge is -2.33. The lowest BCUT2D eigenvalue weighted by Crippen LogP contribution is -2.36. The van der Waals surface area contributed by atoms with Crippen LogP contribution in [0.25, 0.3) is 0 Å². The third kappa shape index (κ3) is 1.85. The first-order valence-electron chi connectivity index (χ1n) is 6.55. The Morgan fingerprint density at radius 3 is 2.56 bits per heavy atom. The van der Waals surface area contributed by atoms with Crippen molar-refractivity contribution in [2.24, 2.45) is 5.41 Å². The molecule has 0 bridgehead atoms. The number of nitrogens with zero attached hydrogens (tertiary/aromatic N) is 2. The SMILES string of the molecule is Cc1ccnc(N2CCC3(CC2)CC3)c1C(=O)O. The molecular formula is C14H18N2O2. The highest BCUT2D eigenvalue weighted by Crippen LogP contribution is 2.53. The molecule has 1 saturated carbocycles. The van der Waals surface area contributed by atoms with Crippen LogP contribution in [0.2, 0.25) is 0 Å². The molecular weight excluding hydrogens is 228 g/mol. The first kappa shape index (κ1) is 11.5. The quantitative estimate of drug-likeness (QED) is 0.871. The van der Waals surface area contributed by atoms with Crippen molar-refractivity contribution in [1.29, 1.82) is 0 Å². The summed E-state index contributed by atoms with van der Waals surface area (Å²) in [5, 5.41) is 9.33. The van der Waals surface area contributed by atoms with E-state index < -0.39 is 5.97 Å². The molecule has 1 spiro atoms. The molecule has 1 aliphatic heterocycles. The van der Waals surface area contributed by atoms with Crippen LogP contribution in [0.4, 0.5) is 5.82 Å². The van der Waals surface area contributed by atoms with Crippen LogP contribution in [0.1, 0.15) is 41.6 Å². The van der Waals surface area contributed by atoms with Gasteiger partial charge in [0.05, 0.1) is 0 Å². The highest BCUT2D eigenvalue weighted by atomic mass is 16.4. The maximum absolute atomic E-state index is 11.4. The fraction of sp³-hybridized carbons (Fsp3) is 0.571. The first-order chi connectivity index (χ1) is 8.61. The van der Waals surface area contributed by atoms with Crippen LogP contribution >= 0.6 is 0 Å². The van der Waals surface area contributed by atoms with Gasteiger partial charge in [-0.15, -0.1) is 0 Å². The molecule has 4 heteroatoms. The minimum Gasteiger partial charge on any atom is -0.478 e. The Morgan fingerprint density at radius 1 is 1.33 bits per heavy atom. The lowest BCUT2D eigenvalue weighted by atomic mass is 9.93. The maximum Gasteiger partial charge on any atom is 0.339 e. The second kappa shape index (κ2) is 3.97. The van der Waals surface area contributed by atoms with E-state index in [2.05, 4.69) is 9.88 Å². The van der Waals surface area contributed by atoms with Crippen LogP contribution in [-0.4, -0.2) is 29.1 Å². The van der Waals surface area contributed by atoms with Crippen LogP contribution in [0.15, 0.2) is 12.3 Å². The van der Waals surface area contributed by atoms with E-state index in [9.17, 15) is 9.90 Å². The summed E-state index contributed by atoms with van der Waals surface area (Å²) in [4.78, 5) is 17.8. The number of pyridine rings is 1. The third-order valence-corrected chi connectivity index (χ3v) is 4.43. The Bertz CT molecular complexity index is 485. The summed E-state index contributed by atoms with van der Waals surface area (Å²) in [5.74, 6) is -0.222. The number of aromatic carboxylic acids is 1. The molecule has 0 amide bonds. The minimum absolute atomic E-state index is 0.365. The number of aryl methyl sites for hydroxylation is 1. The fourth-order valence-electron chi connectivity index (χ4n) is 2.92. The van der Waals surface area contributed by atoms with Gasteiger partial charge in [-0.1, -0.05) is 0 Å². The van der Waals surface area contributed by atoms with Gasteiger partial charge in [-0.2, -0.15) is 0 Å². The van der Waals surface area contributed by atoms with E-state index in [1.165, 1.54) is 25.7 Å². The molecule has 2 fully saturated rings. The normalized spacial score (nSPS) is 21.1. The highest BCUT2D eigenvalue weighted by Gasteiger charge is 2.44. The predicted octanol–water partition coefficient (Wildman–Crippen LogP) is 2.47. The molecule has 4 nitrogen and oxygen atoms in total. The average Bonchev–Trinajstić information content (AvgIpc) is 3.09. The Balaban J connectivity index is 1.87. The predicted molar refractivity (Wildman–Crippen MR) is 69.0 cm³/mol. The molecule has 0 aromatic carbocycles. The van der Waals surface area contributed by atoms with Crippen LogP contribution in [0.5, 0.6) is 0 Å². The Hall–Kier alpha value is -1.58. The topological polar surface area (TPSA) is 53.4 Å². The zero-order valence-electron chi connectivity index (χ0n) is 10.6. The molecule has 0 atom stereocenters. The number of carboxylic acid groups (broad SMARTS) is 1. The van der Waals surface area contributed by atoms with Gasteiger partial charge in [-0.05, 0) is 49.7 Å².